The molecule has 1 N–H and O–H groups in total. The SMILES string of the molecule is COc1ccccc1C(O)CCBr. The summed E-state index contributed by atoms with van der Waals surface area (Å²) in [5.41, 5.74) is 0.851. The normalized spacial score (nSPS) is 12.5. The smallest absolute Gasteiger partial charge is 0.124 e. The van der Waals surface area contributed by atoms with Crippen molar-refractivity contribution in [1.29, 1.82) is 0 Å². The second kappa shape index (κ2) is 5.25. The van der Waals surface area contributed by atoms with Crippen molar-refractivity contribution >= 4 is 15.9 Å². The van der Waals surface area contributed by atoms with Crippen LogP contribution in [0.3, 0.4) is 0 Å². The highest BCUT2D eigenvalue weighted by molar-refractivity contribution is 9.09. The maximum atomic E-state index is 9.72. The molecule has 0 saturated carbocycles. The minimum Gasteiger partial charge on any atom is -0.496 e. The number of aliphatic hydroxyl groups excluding tert-OH is 1. The van der Waals surface area contributed by atoms with Crippen LogP contribution < -0.4 is 4.74 Å². The Morgan fingerprint density at radius 2 is 2.15 bits per heavy atom. The Kier molecular flexibility index (Phi) is 4.25. The van der Waals surface area contributed by atoms with Crippen LogP contribution in [0.5, 0.6) is 5.75 Å². The van der Waals surface area contributed by atoms with Crippen LogP contribution >= 0.6 is 15.9 Å². The molecule has 0 heterocycles. The average Bonchev–Trinajstić information content (AvgIpc) is 2.18. The molecule has 1 aromatic rings. The lowest BCUT2D eigenvalue weighted by Crippen LogP contribution is -2.00. The van der Waals surface area contributed by atoms with Gasteiger partial charge in [0, 0.05) is 10.9 Å². The van der Waals surface area contributed by atoms with Crippen LogP contribution in [-0.4, -0.2) is 17.5 Å². The third-order valence-electron chi connectivity index (χ3n) is 1.88. The van der Waals surface area contributed by atoms with Crippen molar-refractivity contribution in [1.82, 2.24) is 0 Å². The van der Waals surface area contributed by atoms with E-state index < -0.39 is 6.10 Å². The minimum absolute atomic E-state index is 0.449. The third kappa shape index (κ3) is 2.71. The molecule has 0 aliphatic heterocycles. The van der Waals surface area contributed by atoms with Crippen molar-refractivity contribution in [3.8, 4) is 5.75 Å². The minimum atomic E-state index is -0.449. The molecule has 1 unspecified atom stereocenters. The van der Waals surface area contributed by atoms with E-state index in [1.54, 1.807) is 7.11 Å². The second-order valence-corrected chi connectivity index (χ2v) is 3.53. The van der Waals surface area contributed by atoms with Gasteiger partial charge in [-0.15, -0.1) is 0 Å². The number of alkyl halides is 1. The van der Waals surface area contributed by atoms with Gasteiger partial charge in [0.2, 0.25) is 0 Å². The summed E-state index contributed by atoms with van der Waals surface area (Å²) in [6.07, 6.45) is 0.246. The molecule has 13 heavy (non-hydrogen) atoms. The number of benzene rings is 1. The van der Waals surface area contributed by atoms with Crippen LogP contribution in [0.25, 0.3) is 0 Å². The van der Waals surface area contributed by atoms with E-state index in [-0.39, 0.29) is 0 Å². The molecule has 0 amide bonds. The maximum absolute atomic E-state index is 9.72. The summed E-state index contributed by atoms with van der Waals surface area (Å²) in [6.45, 7) is 0. The van der Waals surface area contributed by atoms with Crippen LogP contribution in [0.1, 0.15) is 18.1 Å². The first-order valence-electron chi connectivity index (χ1n) is 4.16. The summed E-state index contributed by atoms with van der Waals surface area (Å²) >= 11 is 3.29. The van der Waals surface area contributed by atoms with Crippen LogP contribution in [0.2, 0.25) is 0 Å². The van der Waals surface area contributed by atoms with Gasteiger partial charge in [-0.05, 0) is 12.5 Å². The predicted molar refractivity (Wildman–Crippen MR) is 56.4 cm³/mol. The van der Waals surface area contributed by atoms with E-state index in [2.05, 4.69) is 15.9 Å². The lowest BCUT2D eigenvalue weighted by molar-refractivity contribution is 0.171. The van der Waals surface area contributed by atoms with E-state index in [9.17, 15) is 5.11 Å². The Hall–Kier alpha value is -0.540. The van der Waals surface area contributed by atoms with Gasteiger partial charge in [-0.25, -0.2) is 0 Å². The summed E-state index contributed by atoms with van der Waals surface area (Å²) in [6, 6.07) is 7.53. The average molecular weight is 245 g/mol. The molecule has 0 saturated heterocycles. The molecule has 0 aromatic heterocycles. The first-order valence-corrected chi connectivity index (χ1v) is 5.28. The van der Waals surface area contributed by atoms with Gasteiger partial charge >= 0.3 is 0 Å². The monoisotopic (exact) mass is 244 g/mol. The fraction of sp³-hybridized carbons (Fsp3) is 0.400. The fourth-order valence-corrected chi connectivity index (χ4v) is 1.63. The molecule has 72 valence electrons. The van der Waals surface area contributed by atoms with Crippen LogP contribution in [0.4, 0.5) is 0 Å². The number of methoxy groups -OCH3 is 1. The summed E-state index contributed by atoms with van der Waals surface area (Å²) in [7, 11) is 1.61. The van der Waals surface area contributed by atoms with Crippen molar-refractivity contribution in [3.05, 3.63) is 29.8 Å². The van der Waals surface area contributed by atoms with Crippen molar-refractivity contribution in [3.63, 3.8) is 0 Å². The van der Waals surface area contributed by atoms with Gasteiger partial charge in [-0.2, -0.15) is 0 Å². The first-order chi connectivity index (χ1) is 6.29. The molecule has 2 nitrogen and oxygen atoms in total. The summed E-state index contributed by atoms with van der Waals surface area (Å²) < 4.78 is 5.14. The summed E-state index contributed by atoms with van der Waals surface area (Å²) in [4.78, 5) is 0. The van der Waals surface area contributed by atoms with Crippen LogP contribution in [0, 0.1) is 0 Å². The van der Waals surface area contributed by atoms with E-state index in [4.69, 9.17) is 4.74 Å². The highest BCUT2D eigenvalue weighted by Gasteiger charge is 2.10. The zero-order chi connectivity index (χ0) is 9.68. The molecule has 0 aliphatic carbocycles. The van der Waals surface area contributed by atoms with Gasteiger partial charge in [-0.1, -0.05) is 34.1 Å². The van der Waals surface area contributed by atoms with E-state index >= 15 is 0 Å². The third-order valence-corrected chi connectivity index (χ3v) is 2.34. The lowest BCUT2D eigenvalue weighted by atomic mass is 10.1. The highest BCUT2D eigenvalue weighted by Crippen LogP contribution is 2.26. The highest BCUT2D eigenvalue weighted by atomic mass is 79.9. The Labute approximate surface area is 86.7 Å². The van der Waals surface area contributed by atoms with Crippen LogP contribution in [0.15, 0.2) is 24.3 Å². The Balaban J connectivity index is 2.85. The number of aliphatic hydroxyl groups is 1. The van der Waals surface area contributed by atoms with Crippen molar-refractivity contribution < 1.29 is 9.84 Å². The van der Waals surface area contributed by atoms with Gasteiger partial charge in [0.25, 0.3) is 0 Å². The number of hydrogen-bond acceptors (Lipinski definition) is 2. The molecule has 3 heteroatoms. The van der Waals surface area contributed by atoms with E-state index in [1.807, 2.05) is 24.3 Å². The number of para-hydroxylation sites is 1. The van der Waals surface area contributed by atoms with Gasteiger partial charge in [-0.3, -0.25) is 0 Å². The molecule has 0 radical (unpaired) electrons. The van der Waals surface area contributed by atoms with Crippen LogP contribution in [-0.2, 0) is 0 Å². The molecule has 1 rings (SSSR count). The Morgan fingerprint density at radius 1 is 1.46 bits per heavy atom. The maximum Gasteiger partial charge on any atom is 0.124 e. The zero-order valence-electron chi connectivity index (χ0n) is 7.53. The quantitative estimate of drug-likeness (QED) is 0.826. The Morgan fingerprint density at radius 3 is 2.77 bits per heavy atom. The van der Waals surface area contributed by atoms with Crippen molar-refractivity contribution in [2.75, 3.05) is 12.4 Å². The van der Waals surface area contributed by atoms with Crippen molar-refractivity contribution in [2.45, 2.75) is 12.5 Å². The van der Waals surface area contributed by atoms with Crippen molar-refractivity contribution in [2.24, 2.45) is 0 Å². The number of hydrogen-bond donors (Lipinski definition) is 1. The molecule has 0 aliphatic rings. The fourth-order valence-electron chi connectivity index (χ4n) is 1.20. The number of ether oxygens (including phenoxy) is 1. The number of rotatable bonds is 4. The van der Waals surface area contributed by atoms with E-state index in [0.717, 1.165) is 16.6 Å². The molecular formula is C10H13BrO2. The summed E-state index contributed by atoms with van der Waals surface area (Å²) in [5.74, 6) is 0.746. The molecular weight excluding hydrogens is 232 g/mol. The van der Waals surface area contributed by atoms with Gasteiger partial charge in [0.05, 0.1) is 13.2 Å². The number of halogens is 1. The topological polar surface area (TPSA) is 29.5 Å². The van der Waals surface area contributed by atoms with Gasteiger partial charge in [0.15, 0.2) is 0 Å². The summed E-state index contributed by atoms with van der Waals surface area (Å²) in [5, 5.41) is 10.5. The molecule has 1 atom stereocenters. The van der Waals surface area contributed by atoms with E-state index in [0.29, 0.717) is 6.42 Å². The standard InChI is InChI=1S/C10H13BrO2/c1-13-10-5-3-2-4-8(10)9(12)6-7-11/h2-5,9,12H,6-7H2,1H3. The van der Waals surface area contributed by atoms with Gasteiger partial charge in [0.1, 0.15) is 5.75 Å². The largest absolute Gasteiger partial charge is 0.496 e. The Bertz CT molecular complexity index is 263. The van der Waals surface area contributed by atoms with Gasteiger partial charge < -0.3 is 9.84 Å². The predicted octanol–water partition coefficient (Wildman–Crippen LogP) is 2.51. The molecule has 0 fully saturated rings. The zero-order valence-corrected chi connectivity index (χ0v) is 9.12. The molecule has 0 spiro atoms. The second-order valence-electron chi connectivity index (χ2n) is 2.74. The molecule has 0 bridgehead atoms. The van der Waals surface area contributed by atoms with E-state index in [1.165, 1.54) is 0 Å². The first kappa shape index (κ1) is 10.5. The lowest BCUT2D eigenvalue weighted by Gasteiger charge is -2.12. The molecule has 1 aromatic carbocycles.